The summed E-state index contributed by atoms with van der Waals surface area (Å²) in [5.41, 5.74) is 7.93. The van der Waals surface area contributed by atoms with Gasteiger partial charge in [0.1, 0.15) is 0 Å². The molecule has 4 nitrogen and oxygen atoms in total. The van der Waals surface area contributed by atoms with Crippen LogP contribution in [0.5, 0.6) is 0 Å². The summed E-state index contributed by atoms with van der Waals surface area (Å²) in [6.07, 6.45) is 1.17. The summed E-state index contributed by atoms with van der Waals surface area (Å²) in [4.78, 5) is 2.33. The molecule has 0 radical (unpaired) electrons. The normalized spacial score (nSPS) is 20.5. The van der Waals surface area contributed by atoms with Crippen LogP contribution in [0, 0.1) is 11.3 Å². The van der Waals surface area contributed by atoms with Gasteiger partial charge in [0.2, 0.25) is 0 Å². The first-order valence-corrected chi connectivity index (χ1v) is 7.65. The van der Waals surface area contributed by atoms with Crippen LogP contribution in [0.25, 0.3) is 0 Å². The van der Waals surface area contributed by atoms with Gasteiger partial charge in [0.05, 0.1) is 5.56 Å². The van der Waals surface area contributed by atoms with Crippen molar-refractivity contribution in [3.8, 4) is 0 Å². The molecule has 0 saturated carbocycles. The Morgan fingerprint density at radius 1 is 1.45 bits per heavy atom. The van der Waals surface area contributed by atoms with Crippen molar-refractivity contribution in [1.29, 1.82) is 0 Å². The molecule has 1 fully saturated rings. The molecule has 20 heavy (non-hydrogen) atoms. The number of nitrogens with two attached hydrogens (primary N) is 1. The summed E-state index contributed by atoms with van der Waals surface area (Å²) in [5, 5.41) is 12.1. The lowest BCUT2D eigenvalue weighted by atomic mass is 9.80. The second kappa shape index (κ2) is 5.64. The minimum atomic E-state index is 0.145. The number of amidine groups is 1. The van der Waals surface area contributed by atoms with Crippen LogP contribution in [0.15, 0.2) is 27.8 Å². The molecule has 110 valence electrons. The Balaban J connectivity index is 2.33. The Labute approximate surface area is 128 Å². The van der Waals surface area contributed by atoms with Gasteiger partial charge in [-0.25, -0.2) is 0 Å². The van der Waals surface area contributed by atoms with Crippen molar-refractivity contribution in [2.45, 2.75) is 27.2 Å². The van der Waals surface area contributed by atoms with E-state index in [-0.39, 0.29) is 5.84 Å². The third-order valence-corrected chi connectivity index (χ3v) is 4.77. The van der Waals surface area contributed by atoms with Crippen LogP contribution >= 0.6 is 15.9 Å². The molecule has 1 aromatic rings. The zero-order valence-electron chi connectivity index (χ0n) is 12.2. The summed E-state index contributed by atoms with van der Waals surface area (Å²) >= 11 is 3.49. The van der Waals surface area contributed by atoms with Crippen LogP contribution in [0.1, 0.15) is 32.8 Å². The highest BCUT2D eigenvalue weighted by Gasteiger charge is 2.33. The van der Waals surface area contributed by atoms with Crippen molar-refractivity contribution < 1.29 is 5.21 Å². The van der Waals surface area contributed by atoms with Crippen LogP contribution in [0.3, 0.4) is 0 Å². The second-order valence-corrected chi connectivity index (χ2v) is 7.27. The van der Waals surface area contributed by atoms with Gasteiger partial charge in [-0.1, -0.05) is 32.0 Å². The number of hydrogen-bond donors (Lipinski definition) is 2. The highest BCUT2D eigenvalue weighted by Crippen LogP contribution is 2.37. The maximum atomic E-state index is 8.98. The van der Waals surface area contributed by atoms with Gasteiger partial charge in [-0.2, -0.15) is 0 Å². The van der Waals surface area contributed by atoms with Crippen molar-refractivity contribution in [3.05, 3.63) is 28.2 Å². The Kier molecular flexibility index (Phi) is 4.28. The second-order valence-electron chi connectivity index (χ2n) is 6.42. The van der Waals surface area contributed by atoms with E-state index in [1.54, 1.807) is 0 Å². The minimum Gasteiger partial charge on any atom is -0.409 e. The van der Waals surface area contributed by atoms with Crippen LogP contribution in [0.2, 0.25) is 0 Å². The first kappa shape index (κ1) is 15.2. The van der Waals surface area contributed by atoms with E-state index < -0.39 is 0 Å². The van der Waals surface area contributed by atoms with E-state index >= 15 is 0 Å². The Morgan fingerprint density at radius 3 is 2.70 bits per heavy atom. The van der Waals surface area contributed by atoms with E-state index in [0.29, 0.717) is 11.3 Å². The lowest BCUT2D eigenvalue weighted by Crippen LogP contribution is -2.28. The minimum absolute atomic E-state index is 0.145. The summed E-state index contributed by atoms with van der Waals surface area (Å²) in [5.74, 6) is 0.799. The molecule has 1 aromatic carbocycles. The summed E-state index contributed by atoms with van der Waals surface area (Å²) < 4.78 is 0.851. The molecule has 2 rings (SSSR count). The van der Waals surface area contributed by atoms with E-state index in [0.717, 1.165) is 28.8 Å². The van der Waals surface area contributed by atoms with E-state index in [1.165, 1.54) is 6.42 Å². The summed E-state index contributed by atoms with van der Waals surface area (Å²) in [7, 11) is 0. The standard InChI is InChI=1S/C15H22BrN3O/c1-15(2,3)10-7-8-19(9-10)12-6-4-5-11(16)13(12)14(17)18-20/h4-6,10,20H,7-9H2,1-3H3,(H2,17,18). The smallest absolute Gasteiger partial charge is 0.173 e. The molecule has 1 saturated heterocycles. The van der Waals surface area contributed by atoms with E-state index in [9.17, 15) is 0 Å². The first-order valence-electron chi connectivity index (χ1n) is 6.86. The topological polar surface area (TPSA) is 61.8 Å². The van der Waals surface area contributed by atoms with Gasteiger partial charge in [0, 0.05) is 23.2 Å². The Hall–Kier alpha value is -1.23. The molecule has 3 N–H and O–H groups in total. The third kappa shape index (κ3) is 2.92. The predicted octanol–water partition coefficient (Wildman–Crippen LogP) is 3.42. The van der Waals surface area contributed by atoms with Gasteiger partial charge in [-0.15, -0.1) is 0 Å². The number of halogens is 1. The summed E-state index contributed by atoms with van der Waals surface area (Å²) in [6, 6.07) is 5.93. The average Bonchev–Trinajstić information content (AvgIpc) is 2.87. The number of benzene rings is 1. The van der Waals surface area contributed by atoms with Crippen LogP contribution in [-0.4, -0.2) is 24.1 Å². The fourth-order valence-electron chi connectivity index (χ4n) is 2.77. The van der Waals surface area contributed by atoms with Crippen molar-refractivity contribution in [1.82, 2.24) is 0 Å². The van der Waals surface area contributed by atoms with Gasteiger partial charge in [-0.3, -0.25) is 0 Å². The van der Waals surface area contributed by atoms with Gasteiger partial charge in [0.15, 0.2) is 5.84 Å². The lowest BCUT2D eigenvalue weighted by molar-refractivity contribution is 0.263. The van der Waals surface area contributed by atoms with Crippen LogP contribution in [-0.2, 0) is 0 Å². The highest BCUT2D eigenvalue weighted by atomic mass is 79.9. The van der Waals surface area contributed by atoms with Gasteiger partial charge in [-0.05, 0) is 45.8 Å². The van der Waals surface area contributed by atoms with Crippen molar-refractivity contribution in [3.63, 3.8) is 0 Å². The molecule has 1 aliphatic rings. The van der Waals surface area contributed by atoms with Gasteiger partial charge < -0.3 is 15.8 Å². The molecule has 0 aromatic heterocycles. The Bertz CT molecular complexity index is 522. The number of hydrogen-bond acceptors (Lipinski definition) is 3. The molecule has 1 atom stereocenters. The molecular formula is C15H22BrN3O. The average molecular weight is 340 g/mol. The number of nitrogens with zero attached hydrogens (tertiary/aromatic N) is 2. The van der Waals surface area contributed by atoms with Crippen LogP contribution in [0.4, 0.5) is 5.69 Å². The van der Waals surface area contributed by atoms with E-state index in [4.69, 9.17) is 10.9 Å². The lowest BCUT2D eigenvalue weighted by Gasteiger charge is -2.28. The molecule has 5 heteroatoms. The SMILES string of the molecule is CC(C)(C)C1CCN(c2cccc(Br)c2/C(N)=N/O)C1. The van der Waals surface area contributed by atoms with Crippen molar-refractivity contribution in [2.75, 3.05) is 18.0 Å². The van der Waals surface area contributed by atoms with Crippen molar-refractivity contribution >= 4 is 27.5 Å². The predicted molar refractivity (Wildman–Crippen MR) is 86.4 cm³/mol. The molecule has 0 amide bonds. The molecule has 1 unspecified atom stereocenters. The third-order valence-electron chi connectivity index (χ3n) is 4.11. The molecule has 0 spiro atoms. The molecule has 1 heterocycles. The molecular weight excluding hydrogens is 318 g/mol. The maximum absolute atomic E-state index is 8.98. The fraction of sp³-hybridized carbons (Fsp3) is 0.533. The zero-order chi connectivity index (χ0) is 14.9. The largest absolute Gasteiger partial charge is 0.409 e. The first-order chi connectivity index (χ1) is 9.34. The van der Waals surface area contributed by atoms with Crippen LogP contribution < -0.4 is 10.6 Å². The van der Waals surface area contributed by atoms with Gasteiger partial charge >= 0.3 is 0 Å². The maximum Gasteiger partial charge on any atom is 0.173 e. The number of oxime groups is 1. The monoisotopic (exact) mass is 339 g/mol. The van der Waals surface area contributed by atoms with E-state index in [2.05, 4.69) is 46.8 Å². The quantitative estimate of drug-likeness (QED) is 0.375. The van der Waals surface area contributed by atoms with E-state index in [1.807, 2.05) is 18.2 Å². The summed E-state index contributed by atoms with van der Waals surface area (Å²) in [6.45, 7) is 8.86. The molecule has 0 bridgehead atoms. The Morgan fingerprint density at radius 2 is 2.15 bits per heavy atom. The zero-order valence-corrected chi connectivity index (χ0v) is 13.8. The fourth-order valence-corrected chi connectivity index (χ4v) is 3.32. The van der Waals surface area contributed by atoms with Gasteiger partial charge in [0.25, 0.3) is 0 Å². The number of anilines is 1. The van der Waals surface area contributed by atoms with Crippen molar-refractivity contribution in [2.24, 2.45) is 22.2 Å². The highest BCUT2D eigenvalue weighted by molar-refractivity contribution is 9.10. The molecule has 1 aliphatic heterocycles. The number of rotatable bonds is 2. The molecule has 0 aliphatic carbocycles.